The zero-order valence-electron chi connectivity index (χ0n) is 12.9. The van der Waals surface area contributed by atoms with E-state index in [0.29, 0.717) is 4.47 Å². The highest BCUT2D eigenvalue weighted by Crippen LogP contribution is 2.47. The van der Waals surface area contributed by atoms with E-state index in [1.54, 1.807) is 13.0 Å². The highest BCUT2D eigenvalue weighted by Gasteiger charge is 2.39. The van der Waals surface area contributed by atoms with Crippen LogP contribution in [0.1, 0.15) is 25.3 Å². The fraction of sp³-hybridized carbons (Fsp3) is 0.250. The van der Waals surface area contributed by atoms with Gasteiger partial charge < -0.3 is 20.3 Å². The normalized spacial score (nSPS) is 17.4. The van der Waals surface area contributed by atoms with Crippen molar-refractivity contribution in [3.63, 3.8) is 0 Å². The maximum absolute atomic E-state index is 12.4. The number of phenols is 1. The van der Waals surface area contributed by atoms with Gasteiger partial charge in [-0.3, -0.25) is 0 Å². The van der Waals surface area contributed by atoms with E-state index in [4.69, 9.17) is 26.8 Å². The van der Waals surface area contributed by atoms with Crippen molar-refractivity contribution in [2.45, 2.75) is 19.8 Å². The Kier molecular flexibility index (Phi) is 5.42. The van der Waals surface area contributed by atoms with Crippen molar-refractivity contribution >= 4 is 33.5 Å². The maximum Gasteiger partial charge on any atom is 0.338 e. The SMILES string of the molecule is CCOC(=O)C1=C(C)OC(N)=C(C#N)C1c1c(Br)ccc(Cl)c1O. The first-order valence-corrected chi connectivity index (χ1v) is 8.12. The van der Waals surface area contributed by atoms with Crippen LogP contribution in [0, 0.1) is 11.3 Å². The molecule has 24 heavy (non-hydrogen) atoms. The van der Waals surface area contributed by atoms with Gasteiger partial charge in [-0.2, -0.15) is 5.26 Å². The molecule has 0 spiro atoms. The Balaban J connectivity index is 2.77. The molecule has 126 valence electrons. The second-order valence-corrected chi connectivity index (χ2v) is 6.17. The molecule has 0 saturated carbocycles. The van der Waals surface area contributed by atoms with Crippen LogP contribution in [0.3, 0.4) is 0 Å². The van der Waals surface area contributed by atoms with Crippen molar-refractivity contribution in [3.05, 3.63) is 50.0 Å². The Labute approximate surface area is 152 Å². The van der Waals surface area contributed by atoms with Gasteiger partial charge in [0.25, 0.3) is 0 Å². The summed E-state index contributed by atoms with van der Waals surface area (Å²) < 4.78 is 10.8. The molecule has 1 atom stereocenters. The number of hydrogen-bond donors (Lipinski definition) is 2. The van der Waals surface area contributed by atoms with Gasteiger partial charge in [-0.1, -0.05) is 27.5 Å². The number of allylic oxidation sites excluding steroid dienone is 2. The van der Waals surface area contributed by atoms with Crippen LogP contribution in [0.25, 0.3) is 0 Å². The van der Waals surface area contributed by atoms with Gasteiger partial charge in [0.1, 0.15) is 23.2 Å². The Morgan fingerprint density at radius 3 is 2.83 bits per heavy atom. The number of aromatic hydroxyl groups is 1. The minimum absolute atomic E-state index is 0.0121. The molecular weight excluding hydrogens is 400 g/mol. The third kappa shape index (κ3) is 3.07. The molecule has 1 unspecified atom stereocenters. The van der Waals surface area contributed by atoms with E-state index in [0.717, 1.165) is 0 Å². The minimum atomic E-state index is -0.962. The fourth-order valence-corrected chi connectivity index (χ4v) is 3.19. The van der Waals surface area contributed by atoms with Gasteiger partial charge in [0, 0.05) is 10.0 Å². The van der Waals surface area contributed by atoms with Crippen molar-refractivity contribution in [1.82, 2.24) is 0 Å². The third-order valence-corrected chi connectivity index (χ3v) is 4.50. The lowest BCUT2D eigenvalue weighted by molar-refractivity contribution is -0.139. The highest BCUT2D eigenvalue weighted by molar-refractivity contribution is 9.10. The number of rotatable bonds is 3. The molecular formula is C16H14BrClN2O4. The number of nitriles is 1. The van der Waals surface area contributed by atoms with Crippen LogP contribution >= 0.6 is 27.5 Å². The van der Waals surface area contributed by atoms with Crippen molar-refractivity contribution in [1.29, 1.82) is 5.26 Å². The fourth-order valence-electron chi connectivity index (χ4n) is 2.47. The first kappa shape index (κ1) is 18.2. The number of esters is 1. The van der Waals surface area contributed by atoms with E-state index in [2.05, 4.69) is 15.9 Å². The summed E-state index contributed by atoms with van der Waals surface area (Å²) in [5, 5.41) is 20.0. The molecule has 0 aromatic heterocycles. The van der Waals surface area contributed by atoms with Gasteiger partial charge in [-0.15, -0.1) is 0 Å². The summed E-state index contributed by atoms with van der Waals surface area (Å²) in [6.07, 6.45) is 0. The second kappa shape index (κ2) is 7.16. The van der Waals surface area contributed by atoms with Crippen molar-refractivity contribution in [3.8, 4) is 11.8 Å². The number of nitrogens with two attached hydrogens (primary N) is 1. The molecule has 1 heterocycles. The molecule has 0 aliphatic carbocycles. The molecule has 8 heteroatoms. The van der Waals surface area contributed by atoms with Crippen molar-refractivity contribution in [2.75, 3.05) is 6.61 Å². The lowest BCUT2D eigenvalue weighted by Crippen LogP contribution is -2.25. The Hall–Kier alpha value is -2.17. The van der Waals surface area contributed by atoms with Crippen LogP contribution in [-0.2, 0) is 14.3 Å². The predicted molar refractivity (Wildman–Crippen MR) is 90.8 cm³/mol. The quantitative estimate of drug-likeness (QED) is 0.735. The molecule has 1 aromatic rings. The monoisotopic (exact) mass is 412 g/mol. The molecule has 2 rings (SSSR count). The zero-order valence-corrected chi connectivity index (χ0v) is 15.2. The molecule has 0 radical (unpaired) electrons. The molecule has 6 nitrogen and oxygen atoms in total. The number of nitrogens with zero attached hydrogens (tertiary/aromatic N) is 1. The summed E-state index contributed by atoms with van der Waals surface area (Å²) in [5.74, 6) is -1.82. The summed E-state index contributed by atoms with van der Waals surface area (Å²) in [6, 6.07) is 5.03. The first-order valence-electron chi connectivity index (χ1n) is 6.95. The average Bonchev–Trinajstić information content (AvgIpc) is 2.51. The van der Waals surface area contributed by atoms with Gasteiger partial charge in [0.05, 0.1) is 23.1 Å². The molecule has 1 aromatic carbocycles. The highest BCUT2D eigenvalue weighted by atomic mass is 79.9. The topological polar surface area (TPSA) is 106 Å². The number of carbonyl (C=O) groups is 1. The van der Waals surface area contributed by atoms with Crippen LogP contribution in [0.4, 0.5) is 0 Å². The summed E-state index contributed by atoms with van der Waals surface area (Å²) >= 11 is 9.31. The van der Waals surface area contributed by atoms with Gasteiger partial charge in [-0.05, 0) is 26.0 Å². The van der Waals surface area contributed by atoms with E-state index in [1.165, 1.54) is 13.0 Å². The minimum Gasteiger partial charge on any atom is -0.506 e. The molecule has 0 fully saturated rings. The summed E-state index contributed by atoms with van der Waals surface area (Å²) in [5.41, 5.74) is 6.12. The van der Waals surface area contributed by atoms with E-state index in [9.17, 15) is 15.2 Å². The Bertz CT molecular complexity index is 811. The third-order valence-electron chi connectivity index (χ3n) is 3.50. The number of ether oxygens (including phenoxy) is 2. The first-order chi connectivity index (χ1) is 11.3. The Morgan fingerprint density at radius 2 is 2.25 bits per heavy atom. The van der Waals surface area contributed by atoms with Crippen LogP contribution in [0.15, 0.2) is 39.4 Å². The van der Waals surface area contributed by atoms with Crippen molar-refractivity contribution in [2.24, 2.45) is 5.73 Å². The van der Waals surface area contributed by atoms with E-state index in [-0.39, 0.29) is 45.7 Å². The second-order valence-electron chi connectivity index (χ2n) is 4.91. The molecule has 0 amide bonds. The predicted octanol–water partition coefficient (Wildman–Crippen LogP) is 3.45. The van der Waals surface area contributed by atoms with Crippen LogP contribution in [-0.4, -0.2) is 17.7 Å². The zero-order chi connectivity index (χ0) is 18.0. The summed E-state index contributed by atoms with van der Waals surface area (Å²) in [6.45, 7) is 3.34. The van der Waals surface area contributed by atoms with Crippen LogP contribution in [0.5, 0.6) is 5.75 Å². The van der Waals surface area contributed by atoms with Crippen molar-refractivity contribution < 1.29 is 19.4 Å². The standard InChI is InChI=1S/C16H14BrClN2O4/c1-3-23-16(22)11-7(2)24-15(20)8(6-19)12(11)13-9(17)4-5-10(18)14(13)21/h4-5,12,21H,3,20H2,1-2H3. The molecule has 1 aliphatic heterocycles. The maximum atomic E-state index is 12.4. The molecule has 0 bridgehead atoms. The molecule has 1 aliphatic rings. The summed E-state index contributed by atoms with van der Waals surface area (Å²) in [4.78, 5) is 12.4. The van der Waals surface area contributed by atoms with E-state index >= 15 is 0 Å². The van der Waals surface area contributed by atoms with Gasteiger partial charge >= 0.3 is 5.97 Å². The van der Waals surface area contributed by atoms with Crippen LogP contribution < -0.4 is 5.73 Å². The number of phenolic OH excluding ortho intramolecular Hbond substituents is 1. The lowest BCUT2D eigenvalue weighted by Gasteiger charge is -2.28. The molecule has 0 saturated heterocycles. The van der Waals surface area contributed by atoms with Gasteiger partial charge in [0.15, 0.2) is 0 Å². The summed E-state index contributed by atoms with van der Waals surface area (Å²) in [7, 11) is 0. The smallest absolute Gasteiger partial charge is 0.338 e. The largest absolute Gasteiger partial charge is 0.506 e. The Morgan fingerprint density at radius 1 is 1.58 bits per heavy atom. The number of benzene rings is 1. The lowest BCUT2D eigenvalue weighted by atomic mass is 9.82. The number of carbonyl (C=O) groups excluding carboxylic acids is 1. The van der Waals surface area contributed by atoms with Gasteiger partial charge in [0.2, 0.25) is 5.88 Å². The van der Waals surface area contributed by atoms with E-state index < -0.39 is 11.9 Å². The van der Waals surface area contributed by atoms with E-state index in [1.807, 2.05) is 6.07 Å². The average molecular weight is 414 g/mol. The molecule has 3 N–H and O–H groups in total. The number of hydrogen-bond acceptors (Lipinski definition) is 6. The van der Waals surface area contributed by atoms with Crippen LogP contribution in [0.2, 0.25) is 5.02 Å². The van der Waals surface area contributed by atoms with Gasteiger partial charge in [-0.25, -0.2) is 4.79 Å². The number of halogens is 2.